The number of benzene rings is 6. The summed E-state index contributed by atoms with van der Waals surface area (Å²) in [5.41, 5.74) is 5.87. The molecule has 0 bridgehead atoms. The lowest BCUT2D eigenvalue weighted by molar-refractivity contribution is 1.08. The highest BCUT2D eigenvalue weighted by atomic mass is 15.1. The van der Waals surface area contributed by atoms with Crippen LogP contribution in [0.4, 0.5) is 0 Å². The quantitative estimate of drug-likeness (QED) is 0.227. The highest BCUT2D eigenvalue weighted by molar-refractivity contribution is 6.25. The second-order valence-electron chi connectivity index (χ2n) is 10.5. The molecule has 40 heavy (non-hydrogen) atoms. The van der Waals surface area contributed by atoms with Crippen LogP contribution in [0.3, 0.4) is 0 Å². The molecule has 0 unspecified atom stereocenters. The number of rotatable bonds is 2. The Hall–Kier alpha value is -5.41. The first-order valence-corrected chi connectivity index (χ1v) is 13.6. The lowest BCUT2D eigenvalue weighted by Crippen LogP contribution is -2.00. The molecule has 0 saturated carbocycles. The van der Waals surface area contributed by atoms with E-state index in [2.05, 4.69) is 143 Å². The van der Waals surface area contributed by atoms with E-state index in [1.165, 1.54) is 54.3 Å². The summed E-state index contributed by atoms with van der Waals surface area (Å²) in [5, 5.41) is 9.75. The summed E-state index contributed by atoms with van der Waals surface area (Å²) in [7, 11) is 0. The summed E-state index contributed by atoms with van der Waals surface area (Å²) in [6.07, 6.45) is 1.99. The van der Waals surface area contributed by atoms with Crippen LogP contribution in [0.2, 0.25) is 0 Å². The number of fused-ring (bicyclic) bond motifs is 9. The molecule has 0 radical (unpaired) electrons. The topological polar surface area (TPSA) is 22.8 Å². The summed E-state index contributed by atoms with van der Waals surface area (Å²) in [6, 6.07) is 48.0. The fourth-order valence-corrected chi connectivity index (χ4v) is 6.51. The SMILES string of the molecule is c1ccc(-n2c3cc4ccccc4cc3c3ccc4c5ccccc5n(-c5cc6ccccc6cn5)c4c32)cc1. The smallest absolute Gasteiger partial charge is 0.138 e. The lowest BCUT2D eigenvalue weighted by atomic mass is 10.1. The van der Waals surface area contributed by atoms with E-state index >= 15 is 0 Å². The fraction of sp³-hybridized carbons (Fsp3) is 0. The van der Waals surface area contributed by atoms with Crippen molar-refractivity contribution in [2.24, 2.45) is 0 Å². The van der Waals surface area contributed by atoms with E-state index in [-0.39, 0.29) is 0 Å². The van der Waals surface area contributed by atoms with Gasteiger partial charge in [0.1, 0.15) is 5.82 Å². The van der Waals surface area contributed by atoms with Crippen LogP contribution < -0.4 is 0 Å². The summed E-state index contributed by atoms with van der Waals surface area (Å²) in [5.74, 6) is 0.924. The maximum absolute atomic E-state index is 5.01. The van der Waals surface area contributed by atoms with Gasteiger partial charge in [-0.25, -0.2) is 4.98 Å². The molecule has 0 amide bonds. The van der Waals surface area contributed by atoms with Gasteiger partial charge < -0.3 is 4.57 Å². The van der Waals surface area contributed by atoms with Crippen molar-refractivity contribution in [2.45, 2.75) is 0 Å². The third-order valence-electron chi connectivity index (χ3n) is 8.29. The summed E-state index contributed by atoms with van der Waals surface area (Å²) >= 11 is 0. The minimum atomic E-state index is 0.924. The van der Waals surface area contributed by atoms with Crippen LogP contribution in [-0.4, -0.2) is 14.1 Å². The van der Waals surface area contributed by atoms with Crippen LogP contribution in [-0.2, 0) is 0 Å². The van der Waals surface area contributed by atoms with Gasteiger partial charge >= 0.3 is 0 Å². The Morgan fingerprint density at radius 1 is 0.400 bits per heavy atom. The van der Waals surface area contributed by atoms with Crippen molar-refractivity contribution in [2.75, 3.05) is 0 Å². The largest absolute Gasteiger partial charge is 0.307 e. The van der Waals surface area contributed by atoms with Crippen molar-refractivity contribution >= 4 is 65.2 Å². The monoisotopic (exact) mass is 509 g/mol. The molecule has 0 aliphatic carbocycles. The van der Waals surface area contributed by atoms with E-state index in [4.69, 9.17) is 4.98 Å². The molecule has 0 spiro atoms. The van der Waals surface area contributed by atoms with E-state index < -0.39 is 0 Å². The van der Waals surface area contributed by atoms with E-state index in [0.717, 1.165) is 22.4 Å². The average molecular weight is 510 g/mol. The predicted octanol–water partition coefficient (Wildman–Crippen LogP) is 9.58. The van der Waals surface area contributed by atoms with E-state index in [1.54, 1.807) is 0 Å². The number of hydrogen-bond donors (Lipinski definition) is 0. The molecular weight excluding hydrogens is 486 g/mol. The van der Waals surface area contributed by atoms with Gasteiger partial charge in [0.2, 0.25) is 0 Å². The number of nitrogens with zero attached hydrogens (tertiary/aromatic N) is 3. The molecule has 0 aliphatic rings. The predicted molar refractivity (Wildman–Crippen MR) is 168 cm³/mol. The zero-order valence-corrected chi connectivity index (χ0v) is 21.6. The minimum absolute atomic E-state index is 0.924. The molecule has 0 atom stereocenters. The third-order valence-corrected chi connectivity index (χ3v) is 8.29. The normalized spacial score (nSPS) is 12.0. The highest BCUT2D eigenvalue weighted by Crippen LogP contribution is 2.42. The Morgan fingerprint density at radius 2 is 1.00 bits per heavy atom. The van der Waals surface area contributed by atoms with Crippen LogP contribution >= 0.6 is 0 Å². The number of pyridine rings is 1. The molecule has 3 nitrogen and oxygen atoms in total. The molecule has 0 N–H and O–H groups in total. The van der Waals surface area contributed by atoms with Crippen molar-refractivity contribution in [1.82, 2.24) is 14.1 Å². The lowest BCUT2D eigenvalue weighted by Gasteiger charge is -2.12. The third kappa shape index (κ3) is 2.92. The zero-order valence-electron chi connectivity index (χ0n) is 21.6. The maximum atomic E-state index is 5.01. The van der Waals surface area contributed by atoms with Gasteiger partial charge in [-0.05, 0) is 52.6 Å². The first kappa shape index (κ1) is 21.5. The Balaban J connectivity index is 1.54. The Labute approximate surface area is 230 Å². The zero-order chi connectivity index (χ0) is 26.2. The first-order valence-electron chi connectivity index (χ1n) is 13.6. The Morgan fingerprint density at radius 3 is 1.80 bits per heavy atom. The molecule has 9 aromatic rings. The molecule has 0 fully saturated rings. The van der Waals surface area contributed by atoms with Crippen LogP contribution in [0.15, 0.2) is 140 Å². The van der Waals surface area contributed by atoms with Gasteiger partial charge in [-0.15, -0.1) is 0 Å². The number of para-hydroxylation sites is 2. The summed E-state index contributed by atoms with van der Waals surface area (Å²) in [6.45, 7) is 0. The number of hydrogen-bond acceptors (Lipinski definition) is 1. The van der Waals surface area contributed by atoms with Crippen molar-refractivity contribution in [3.63, 3.8) is 0 Å². The molecular formula is C37H23N3. The van der Waals surface area contributed by atoms with E-state index in [1.807, 2.05) is 6.20 Å². The summed E-state index contributed by atoms with van der Waals surface area (Å²) < 4.78 is 4.80. The van der Waals surface area contributed by atoms with Crippen LogP contribution in [0.25, 0.3) is 76.7 Å². The minimum Gasteiger partial charge on any atom is -0.307 e. The van der Waals surface area contributed by atoms with Crippen molar-refractivity contribution in [3.05, 3.63) is 140 Å². The molecule has 3 heterocycles. The average Bonchev–Trinajstić information content (AvgIpc) is 3.52. The highest BCUT2D eigenvalue weighted by Gasteiger charge is 2.22. The summed E-state index contributed by atoms with van der Waals surface area (Å²) in [4.78, 5) is 5.01. The van der Waals surface area contributed by atoms with Crippen LogP contribution in [0.1, 0.15) is 0 Å². The Kier molecular flexibility index (Phi) is 4.33. The Bertz CT molecular complexity index is 2430. The van der Waals surface area contributed by atoms with Gasteiger partial charge in [-0.2, -0.15) is 0 Å². The number of aromatic nitrogens is 3. The van der Waals surface area contributed by atoms with E-state index in [9.17, 15) is 0 Å². The molecule has 0 aliphatic heterocycles. The standard InChI is InChI=1S/C37H23N3/c1-2-14-28(15-3-1)39-34-21-25-11-5-4-10-24(25)20-32(34)31-19-18-30-29-16-8-9-17-33(29)40(37(30)36(31)39)35-22-26-12-6-7-13-27(26)23-38-35/h1-23H. The first-order chi connectivity index (χ1) is 19.8. The maximum Gasteiger partial charge on any atom is 0.138 e. The fourth-order valence-electron chi connectivity index (χ4n) is 6.51. The molecule has 3 heteroatoms. The van der Waals surface area contributed by atoms with Gasteiger partial charge in [0.15, 0.2) is 0 Å². The van der Waals surface area contributed by atoms with Gasteiger partial charge in [-0.1, -0.05) is 97.1 Å². The van der Waals surface area contributed by atoms with Crippen LogP contribution in [0, 0.1) is 0 Å². The second-order valence-corrected chi connectivity index (χ2v) is 10.5. The van der Waals surface area contributed by atoms with E-state index in [0.29, 0.717) is 0 Å². The molecule has 3 aromatic heterocycles. The second kappa shape index (κ2) is 8.05. The molecule has 186 valence electrons. The van der Waals surface area contributed by atoms with Gasteiger partial charge in [-0.3, -0.25) is 4.57 Å². The molecule has 9 rings (SSSR count). The van der Waals surface area contributed by atoms with Crippen molar-refractivity contribution in [1.29, 1.82) is 0 Å². The van der Waals surface area contributed by atoms with Gasteiger partial charge in [0, 0.05) is 38.8 Å². The van der Waals surface area contributed by atoms with Gasteiger partial charge in [0.05, 0.1) is 22.1 Å². The van der Waals surface area contributed by atoms with Gasteiger partial charge in [0.25, 0.3) is 0 Å². The van der Waals surface area contributed by atoms with Crippen molar-refractivity contribution in [3.8, 4) is 11.5 Å². The van der Waals surface area contributed by atoms with Crippen molar-refractivity contribution < 1.29 is 0 Å². The molecule has 0 saturated heterocycles. The van der Waals surface area contributed by atoms with Crippen LogP contribution in [0.5, 0.6) is 0 Å². The molecule has 6 aromatic carbocycles.